The predicted molar refractivity (Wildman–Crippen MR) is 40.0 cm³/mol. The van der Waals surface area contributed by atoms with Crippen molar-refractivity contribution >= 4 is 11.6 Å². The highest BCUT2D eigenvalue weighted by molar-refractivity contribution is 6.30. The quantitative estimate of drug-likeness (QED) is 0.690. The van der Waals surface area contributed by atoms with E-state index in [0.717, 1.165) is 0 Å². The van der Waals surface area contributed by atoms with Crippen LogP contribution in [0.1, 0.15) is 5.56 Å². The summed E-state index contributed by atoms with van der Waals surface area (Å²) in [5, 5.41) is 8.66. The van der Waals surface area contributed by atoms with E-state index >= 15 is 0 Å². The van der Waals surface area contributed by atoms with Crippen molar-refractivity contribution in [1.29, 1.82) is 0 Å². The van der Waals surface area contributed by atoms with Crippen molar-refractivity contribution in [2.45, 2.75) is 6.42 Å². The zero-order valence-electron chi connectivity index (χ0n) is 5.72. The molecule has 11 heavy (non-hydrogen) atoms. The lowest BCUT2D eigenvalue weighted by atomic mass is 10.2. The summed E-state index contributed by atoms with van der Waals surface area (Å²) in [4.78, 5) is 3.38. The fourth-order valence-corrected chi connectivity index (χ4v) is 0.986. The van der Waals surface area contributed by atoms with E-state index in [1.807, 2.05) is 0 Å². The van der Waals surface area contributed by atoms with Gasteiger partial charge in [-0.1, -0.05) is 17.7 Å². The van der Waals surface area contributed by atoms with E-state index in [-0.39, 0.29) is 11.8 Å². The lowest BCUT2D eigenvalue weighted by Gasteiger charge is -1.99. The van der Waals surface area contributed by atoms with Crippen molar-refractivity contribution in [3.8, 4) is 0 Å². The van der Waals surface area contributed by atoms with Crippen LogP contribution >= 0.6 is 11.6 Å². The molecule has 0 aromatic carbocycles. The molecule has 0 bridgehead atoms. The van der Waals surface area contributed by atoms with Crippen molar-refractivity contribution in [2.75, 3.05) is 6.61 Å². The lowest BCUT2D eigenvalue weighted by molar-refractivity contribution is 0.299. The SMILES string of the molecule is OCCc1ccc(F)nc1Cl. The molecule has 0 aliphatic rings. The number of pyridine rings is 1. The van der Waals surface area contributed by atoms with Crippen molar-refractivity contribution in [2.24, 2.45) is 0 Å². The first-order valence-corrected chi connectivity index (χ1v) is 3.53. The van der Waals surface area contributed by atoms with Crippen LogP contribution < -0.4 is 0 Å². The minimum atomic E-state index is -0.600. The maximum Gasteiger partial charge on any atom is 0.214 e. The van der Waals surface area contributed by atoms with Crippen LogP contribution in [0.3, 0.4) is 0 Å². The van der Waals surface area contributed by atoms with Crippen LogP contribution in [-0.2, 0) is 6.42 Å². The van der Waals surface area contributed by atoms with Crippen LogP contribution in [0.15, 0.2) is 12.1 Å². The maximum atomic E-state index is 12.3. The van der Waals surface area contributed by atoms with E-state index in [0.29, 0.717) is 12.0 Å². The Morgan fingerprint density at radius 3 is 2.82 bits per heavy atom. The first-order chi connectivity index (χ1) is 5.24. The Morgan fingerprint density at radius 1 is 1.55 bits per heavy atom. The van der Waals surface area contributed by atoms with E-state index < -0.39 is 5.95 Å². The van der Waals surface area contributed by atoms with Crippen molar-refractivity contribution in [1.82, 2.24) is 4.98 Å². The van der Waals surface area contributed by atoms with Gasteiger partial charge in [0, 0.05) is 6.61 Å². The minimum absolute atomic E-state index is 0.00691. The largest absolute Gasteiger partial charge is 0.396 e. The monoisotopic (exact) mass is 175 g/mol. The molecule has 0 unspecified atom stereocenters. The molecule has 0 amide bonds. The van der Waals surface area contributed by atoms with E-state index in [1.165, 1.54) is 12.1 Å². The molecule has 0 saturated carbocycles. The van der Waals surface area contributed by atoms with Gasteiger partial charge < -0.3 is 5.11 Å². The molecule has 0 aliphatic carbocycles. The van der Waals surface area contributed by atoms with E-state index in [4.69, 9.17) is 16.7 Å². The summed E-state index contributed by atoms with van der Waals surface area (Å²) in [7, 11) is 0. The predicted octanol–water partition coefficient (Wildman–Crippen LogP) is 1.41. The van der Waals surface area contributed by atoms with Gasteiger partial charge in [-0.2, -0.15) is 4.39 Å². The van der Waals surface area contributed by atoms with Gasteiger partial charge in [0.15, 0.2) is 0 Å². The number of aromatic nitrogens is 1. The first-order valence-electron chi connectivity index (χ1n) is 3.16. The van der Waals surface area contributed by atoms with Gasteiger partial charge in [-0.15, -0.1) is 0 Å². The second kappa shape index (κ2) is 3.64. The summed E-state index contributed by atoms with van der Waals surface area (Å²) in [6.45, 7) is -0.00691. The van der Waals surface area contributed by atoms with Crippen molar-refractivity contribution < 1.29 is 9.50 Å². The molecule has 1 aromatic heterocycles. The second-order valence-electron chi connectivity index (χ2n) is 2.06. The Hall–Kier alpha value is -0.670. The van der Waals surface area contributed by atoms with Gasteiger partial charge in [-0.25, -0.2) is 4.98 Å². The van der Waals surface area contributed by atoms with Crippen LogP contribution in [0.5, 0.6) is 0 Å². The Morgan fingerprint density at radius 2 is 2.27 bits per heavy atom. The topological polar surface area (TPSA) is 33.1 Å². The molecule has 1 heterocycles. The van der Waals surface area contributed by atoms with Gasteiger partial charge >= 0.3 is 0 Å². The molecule has 0 spiro atoms. The van der Waals surface area contributed by atoms with E-state index in [2.05, 4.69) is 4.98 Å². The Labute approximate surface area is 68.6 Å². The Kier molecular flexibility index (Phi) is 2.79. The summed E-state index contributed by atoms with van der Waals surface area (Å²) in [5.41, 5.74) is 0.663. The van der Waals surface area contributed by atoms with Crippen LogP contribution in [-0.4, -0.2) is 16.7 Å². The number of aliphatic hydroxyl groups is 1. The van der Waals surface area contributed by atoms with Crippen molar-refractivity contribution in [3.63, 3.8) is 0 Å². The zero-order chi connectivity index (χ0) is 8.27. The number of aliphatic hydroxyl groups excluding tert-OH is 1. The molecule has 0 radical (unpaired) electrons. The molecule has 0 fully saturated rings. The molecule has 4 heteroatoms. The molecule has 60 valence electrons. The highest BCUT2D eigenvalue weighted by Gasteiger charge is 2.01. The molecule has 2 nitrogen and oxygen atoms in total. The van der Waals surface area contributed by atoms with Crippen LogP contribution in [0.4, 0.5) is 4.39 Å². The van der Waals surface area contributed by atoms with E-state index in [9.17, 15) is 4.39 Å². The third kappa shape index (κ3) is 2.13. The summed E-state index contributed by atoms with van der Waals surface area (Å²) in [6, 6.07) is 2.73. The Bertz CT molecular complexity index is 254. The molecule has 1 N–H and O–H groups in total. The van der Waals surface area contributed by atoms with Crippen LogP contribution in [0.25, 0.3) is 0 Å². The summed E-state index contributed by atoms with van der Waals surface area (Å²) in [5.74, 6) is -0.600. The molecule has 1 aromatic rings. The highest BCUT2D eigenvalue weighted by atomic mass is 35.5. The van der Waals surface area contributed by atoms with Gasteiger partial charge in [0.2, 0.25) is 5.95 Å². The number of rotatable bonds is 2. The summed E-state index contributed by atoms with van der Waals surface area (Å²) < 4.78 is 12.3. The lowest BCUT2D eigenvalue weighted by Crippen LogP contribution is -1.94. The highest BCUT2D eigenvalue weighted by Crippen LogP contribution is 2.13. The Balaban J connectivity index is 2.90. The normalized spacial score (nSPS) is 10.1. The van der Waals surface area contributed by atoms with Crippen molar-refractivity contribution in [3.05, 3.63) is 28.8 Å². The molecule has 0 atom stereocenters. The molecular formula is C7H7ClFNO. The standard InChI is InChI=1S/C7H7ClFNO/c8-7-5(3-4-11)1-2-6(9)10-7/h1-2,11H,3-4H2. The van der Waals surface area contributed by atoms with Gasteiger partial charge in [-0.3, -0.25) is 0 Å². The summed E-state index contributed by atoms with van der Waals surface area (Å²) >= 11 is 5.55. The summed E-state index contributed by atoms with van der Waals surface area (Å²) in [6.07, 6.45) is 0.409. The average molecular weight is 176 g/mol. The minimum Gasteiger partial charge on any atom is -0.396 e. The van der Waals surface area contributed by atoms with Gasteiger partial charge in [-0.05, 0) is 18.1 Å². The molecule has 0 saturated heterocycles. The number of hydrogen-bond acceptors (Lipinski definition) is 2. The van der Waals surface area contributed by atoms with Crippen LogP contribution in [0, 0.1) is 5.95 Å². The van der Waals surface area contributed by atoms with Gasteiger partial charge in [0.05, 0.1) is 0 Å². The third-order valence-corrected chi connectivity index (χ3v) is 1.60. The van der Waals surface area contributed by atoms with Crippen LogP contribution in [0.2, 0.25) is 5.15 Å². The zero-order valence-corrected chi connectivity index (χ0v) is 6.48. The number of halogens is 2. The second-order valence-corrected chi connectivity index (χ2v) is 2.42. The molecular weight excluding hydrogens is 169 g/mol. The number of nitrogens with zero attached hydrogens (tertiary/aromatic N) is 1. The average Bonchev–Trinajstić information content (AvgIpc) is 1.95. The molecule has 0 aliphatic heterocycles. The van der Waals surface area contributed by atoms with E-state index in [1.54, 1.807) is 0 Å². The van der Waals surface area contributed by atoms with Gasteiger partial charge in [0.1, 0.15) is 5.15 Å². The third-order valence-electron chi connectivity index (χ3n) is 1.27. The fourth-order valence-electron chi connectivity index (χ4n) is 0.748. The van der Waals surface area contributed by atoms with Gasteiger partial charge in [0.25, 0.3) is 0 Å². The fraction of sp³-hybridized carbons (Fsp3) is 0.286. The first kappa shape index (κ1) is 8.43. The smallest absolute Gasteiger partial charge is 0.214 e. The number of hydrogen-bond donors (Lipinski definition) is 1. The molecule has 1 rings (SSSR count). The maximum absolute atomic E-state index is 12.3.